The number of hydrogen-bond donors (Lipinski definition) is 6. The first kappa shape index (κ1) is 74.5. The van der Waals surface area contributed by atoms with Gasteiger partial charge in [-0.15, -0.1) is 26.6 Å². The number of nitrogens with zero attached hydrogens (tertiary/aromatic N) is 15. The lowest BCUT2D eigenvalue weighted by Gasteiger charge is -2.48. The largest absolute Gasteiger partial charge is 0.393 e. The topological polar surface area (TPSA) is 299 Å². The summed E-state index contributed by atoms with van der Waals surface area (Å²) >= 11 is 1.77. The van der Waals surface area contributed by atoms with Crippen LogP contribution in [0.25, 0.3) is 49.9 Å². The quantitative estimate of drug-likeness (QED) is 0.0364. The molecule has 10 aromatic heterocycles. The van der Waals surface area contributed by atoms with Gasteiger partial charge in [0.1, 0.15) is 16.7 Å². The van der Waals surface area contributed by atoms with Gasteiger partial charge in [-0.05, 0) is 190 Å². The number of aliphatic hydroxyl groups excluding tert-OH is 3. The van der Waals surface area contributed by atoms with Gasteiger partial charge < -0.3 is 60.0 Å². The monoisotopic (exact) mass is 1480 g/mol. The van der Waals surface area contributed by atoms with Crippen LogP contribution >= 0.6 is 11.3 Å². The molecule has 10 aromatic rings. The third kappa shape index (κ3) is 16.8. The van der Waals surface area contributed by atoms with Gasteiger partial charge in [0.25, 0.3) is 0 Å². The van der Waals surface area contributed by atoms with Gasteiger partial charge in [0.15, 0.2) is 0 Å². The van der Waals surface area contributed by atoms with Gasteiger partial charge in [-0.25, -0.2) is 48.4 Å². The zero-order valence-corrected chi connectivity index (χ0v) is 63.9. The van der Waals surface area contributed by atoms with Crippen LogP contribution in [0, 0.1) is 6.92 Å². The number of thiazole rings is 1. The maximum absolute atomic E-state index is 12.2. The van der Waals surface area contributed by atoms with Crippen LogP contribution in [0.15, 0.2) is 96.8 Å². The summed E-state index contributed by atoms with van der Waals surface area (Å²) in [6, 6.07) is 19.2. The Morgan fingerprint density at radius 1 is 0.575 bits per heavy atom. The number of rotatable bonds is 21. The fourth-order valence-electron chi connectivity index (χ4n) is 16.0. The number of pyridine rings is 3. The Bertz CT molecular complexity index is 4740. The standard InChI is InChI=1S/C28H38N6O3.C27H33N7O2S.C23H31N5O3S/c1-19(17-36-2)31-27-30-16-25-23(15-24(34(25)32-27)20-4-6-22(35)7-5-20)21-8-11-29-26(14-21)33-12-13-37-28(18-33)9-3-10-28;1-16(15-36-3)30-27-29-12-24-21(11-23(34(24)32-27)18-4-6-20(35)7-5-18)19-8-9-28-26(10-19)33-13-22-25(14-33)37-17(2)31-22;1-15(14-31-2)26-23-25-13-21-19(17-7-10-22(24-12-17)32(3,4)30)11-20(28(21)27-23)16-5-8-18(29)9-6-16/h8,11,14-16,19-20,22,35H,3-7,9-10,12-13,17-18H2,1-2H3,(H,31,32);8-12,16,18,20,35H,4-7,13-15H2,1-3H3,(H,30,32);7,10-13,15-16,18,29H,3,5-6,8-9,14H2,1-2,4H3,(H,26,27)/t19-,20?,22?;16-,18?,20?;15-,16?,18?,32?/m000/s1. The van der Waals surface area contributed by atoms with E-state index in [-0.39, 0.29) is 42.0 Å². The zero-order chi connectivity index (χ0) is 73.8. The summed E-state index contributed by atoms with van der Waals surface area (Å²) in [7, 11) is 2.69. The van der Waals surface area contributed by atoms with E-state index < -0.39 is 9.52 Å². The minimum Gasteiger partial charge on any atom is -0.393 e. The summed E-state index contributed by atoms with van der Waals surface area (Å²) in [5.41, 5.74) is 13.8. The fourth-order valence-corrected chi connectivity index (χ4v) is 17.6. The minimum absolute atomic E-state index is 0.0225. The van der Waals surface area contributed by atoms with Crippen molar-refractivity contribution in [3.63, 3.8) is 0 Å². The molecule has 1 unspecified atom stereocenters. The lowest BCUT2D eigenvalue weighted by molar-refractivity contribution is -0.106. The molecule has 0 aromatic carbocycles. The fraction of sp³-hybridized carbons (Fsp3) is 0.526. The second-order valence-corrected chi connectivity index (χ2v) is 33.8. The molecule has 5 fully saturated rings. The van der Waals surface area contributed by atoms with Crippen LogP contribution in [-0.4, -0.2) is 198 Å². The molecule has 1 spiro atoms. The first-order valence-corrected chi connectivity index (χ1v) is 40.5. The minimum atomic E-state index is -2.37. The van der Waals surface area contributed by atoms with Crippen molar-refractivity contribution < 1.29 is 38.5 Å². The van der Waals surface area contributed by atoms with E-state index in [1.807, 2.05) is 59.9 Å². The molecule has 26 nitrogen and oxygen atoms in total. The Labute approximate surface area is 624 Å². The van der Waals surface area contributed by atoms with Crippen molar-refractivity contribution in [2.24, 2.45) is 0 Å². The number of nitrogens with one attached hydrogen (secondary N) is 3. The average Bonchev–Trinajstić information content (AvgIpc) is 1.53. The van der Waals surface area contributed by atoms with Gasteiger partial charge in [0.05, 0.1) is 109 Å². The SMILES string of the molecule is C=S(C)(=O)c1ccc(-c2cc(C3CCC(O)CC3)n3nc(N[C@@H](C)COC)ncc23)cn1.COC[C@H](C)Nc1ncc2c(-c3ccnc(N4CCOC5(CCC5)C4)c3)cc(C3CCC(O)CC3)n2n1.COC[C@H](C)Nc1ncc2c(-c3ccnc(N4Cc5nc(C)sc5C4)c3)cc(C3CCC(O)CC3)n2n1. The summed E-state index contributed by atoms with van der Waals surface area (Å²) in [5.74, 6) is 8.38. The van der Waals surface area contributed by atoms with E-state index in [9.17, 15) is 19.5 Å². The number of hydrogen-bond acceptors (Lipinski definition) is 24. The smallest absolute Gasteiger partial charge is 0.241 e. The third-order valence-corrected chi connectivity index (χ3v) is 23.8. The third-order valence-electron chi connectivity index (χ3n) is 21.7. The first-order valence-electron chi connectivity index (χ1n) is 37.5. The summed E-state index contributed by atoms with van der Waals surface area (Å²) in [5, 5.41) is 56.4. The number of ether oxygens (including phenoxy) is 4. The van der Waals surface area contributed by atoms with Crippen molar-refractivity contribution in [2.75, 3.05) is 92.9 Å². The van der Waals surface area contributed by atoms with Crippen LogP contribution in [0.3, 0.4) is 0 Å². The van der Waals surface area contributed by atoms with E-state index in [1.165, 1.54) is 28.4 Å². The second kappa shape index (κ2) is 32.6. The van der Waals surface area contributed by atoms with Crippen LogP contribution in [0.2, 0.25) is 0 Å². The van der Waals surface area contributed by atoms with Crippen LogP contribution in [0.5, 0.6) is 0 Å². The highest BCUT2D eigenvalue weighted by Gasteiger charge is 2.43. The molecule has 106 heavy (non-hydrogen) atoms. The Balaban J connectivity index is 0.000000134. The number of aryl methyl sites for hydroxylation is 1. The van der Waals surface area contributed by atoms with E-state index in [1.54, 1.807) is 51.2 Å². The Kier molecular flexibility index (Phi) is 22.9. The lowest BCUT2D eigenvalue weighted by Crippen LogP contribution is -2.55. The van der Waals surface area contributed by atoms with Gasteiger partial charge in [0, 0.05) is 149 Å². The molecule has 4 aliphatic carbocycles. The average molecular weight is 1480 g/mol. The molecule has 2 aliphatic heterocycles. The molecule has 12 heterocycles. The number of aromatic nitrogens is 13. The van der Waals surface area contributed by atoms with Crippen molar-refractivity contribution in [3.05, 3.63) is 124 Å². The van der Waals surface area contributed by atoms with Gasteiger partial charge in [-0.3, -0.25) is 4.21 Å². The van der Waals surface area contributed by atoms with E-state index in [0.717, 1.165) is 195 Å². The van der Waals surface area contributed by atoms with E-state index in [4.69, 9.17) is 44.2 Å². The highest BCUT2D eigenvalue weighted by molar-refractivity contribution is 7.99. The van der Waals surface area contributed by atoms with Crippen LogP contribution in [0.4, 0.5) is 29.5 Å². The molecule has 6 N–H and O–H groups in total. The maximum atomic E-state index is 12.2. The van der Waals surface area contributed by atoms with Crippen molar-refractivity contribution in [1.29, 1.82) is 0 Å². The van der Waals surface area contributed by atoms with Crippen LogP contribution in [0.1, 0.15) is 167 Å². The molecular weight excluding hydrogens is 1380 g/mol. The van der Waals surface area contributed by atoms with E-state index in [0.29, 0.717) is 60.4 Å². The molecule has 0 bridgehead atoms. The molecule has 564 valence electrons. The summed E-state index contributed by atoms with van der Waals surface area (Å²) < 4.78 is 40.2. The Morgan fingerprint density at radius 2 is 1.01 bits per heavy atom. The van der Waals surface area contributed by atoms with Crippen molar-refractivity contribution in [1.82, 2.24) is 63.7 Å². The van der Waals surface area contributed by atoms with Crippen LogP contribution < -0.4 is 25.8 Å². The van der Waals surface area contributed by atoms with Gasteiger partial charge in [0.2, 0.25) is 17.8 Å². The maximum Gasteiger partial charge on any atom is 0.241 e. The molecule has 4 atom stereocenters. The van der Waals surface area contributed by atoms with E-state index >= 15 is 0 Å². The van der Waals surface area contributed by atoms with E-state index in [2.05, 4.69) is 117 Å². The van der Waals surface area contributed by atoms with Gasteiger partial charge in [-0.1, -0.05) is 6.07 Å². The molecular formula is C78H102N18O8S2. The molecule has 1 saturated heterocycles. The summed E-state index contributed by atoms with van der Waals surface area (Å²) in [6.45, 7) is 14.1. The molecule has 0 radical (unpaired) electrons. The first-order chi connectivity index (χ1) is 51.3. The number of methoxy groups -OCH3 is 3. The summed E-state index contributed by atoms with van der Waals surface area (Å²) in [4.78, 5) is 38.3. The Hall–Kier alpha value is -8.32. The molecule has 6 aliphatic rings. The summed E-state index contributed by atoms with van der Waals surface area (Å²) in [6.07, 6.45) is 26.2. The van der Waals surface area contributed by atoms with Crippen molar-refractivity contribution >= 4 is 72.8 Å². The Morgan fingerprint density at radius 3 is 1.40 bits per heavy atom. The molecule has 16 rings (SSSR count). The highest BCUT2D eigenvalue weighted by Crippen LogP contribution is 2.44. The normalized spacial score (nSPS) is 22.2. The number of anilines is 5. The molecule has 0 amide bonds. The van der Waals surface area contributed by atoms with Crippen molar-refractivity contribution in [2.45, 2.75) is 202 Å². The van der Waals surface area contributed by atoms with Gasteiger partial charge in [-0.2, -0.15) is 0 Å². The van der Waals surface area contributed by atoms with Crippen molar-refractivity contribution in [3.8, 4) is 33.4 Å². The highest BCUT2D eigenvalue weighted by atomic mass is 32.2. The lowest BCUT2D eigenvalue weighted by atomic mass is 9.79. The van der Waals surface area contributed by atoms with Gasteiger partial charge >= 0.3 is 0 Å². The number of aliphatic hydroxyl groups is 3. The zero-order valence-electron chi connectivity index (χ0n) is 62.2. The number of morpholine rings is 1. The second-order valence-electron chi connectivity index (χ2n) is 30.1. The predicted molar refractivity (Wildman–Crippen MR) is 416 cm³/mol. The molecule has 28 heteroatoms. The molecule has 4 saturated carbocycles. The van der Waals surface area contributed by atoms with Crippen LogP contribution in [-0.2, 0) is 41.6 Å². The predicted octanol–water partition coefficient (Wildman–Crippen LogP) is 11.5. The number of fused-ring (bicyclic) bond motifs is 4.